The van der Waals surface area contributed by atoms with Gasteiger partial charge in [0, 0.05) is 108 Å². The molecule has 5 aromatic rings. The Morgan fingerprint density at radius 2 is 1.47 bits per heavy atom. The van der Waals surface area contributed by atoms with E-state index in [4.69, 9.17) is 72.3 Å². The monoisotopic (exact) mass is 1820 g/mol. The number of ketones is 3. The molecule has 10 rings (SSSR count). The number of unbranched alkanes of at least 4 members (excludes halogenated alkanes) is 1. The number of H-pyrrole nitrogens is 1. The number of nitrogens with two attached hydrogens (primary N) is 1. The minimum atomic E-state index is -2.46. The van der Waals surface area contributed by atoms with E-state index >= 15 is 0 Å². The summed E-state index contributed by atoms with van der Waals surface area (Å²) in [5.74, 6) is -6.30. The zero-order chi connectivity index (χ0) is 93.1. The van der Waals surface area contributed by atoms with Crippen LogP contribution in [0.15, 0.2) is 84.4 Å². The van der Waals surface area contributed by atoms with E-state index in [1.165, 1.54) is 18.3 Å². The predicted molar refractivity (Wildman–Crippen MR) is 486 cm³/mol. The van der Waals surface area contributed by atoms with Crippen LogP contribution in [0.25, 0.3) is 27.8 Å². The number of para-hydroxylation sites is 1. The molecule has 5 aliphatic rings. The Labute approximate surface area is 764 Å². The predicted octanol–water partition coefficient (Wildman–Crippen LogP) is 10.1. The Kier molecular flexibility index (Phi) is 42.4. The molecule has 130 heavy (non-hydrogen) atoms. The SMILES string of the molecule is COc1cccc2cc(-c3nc(C4CCC(C(=O)NCCOCCOCCNC(=O)CCOCCOCCOCCOCCn5cc(CCCCO[C@@H]6CC[C@@H](C[C@@H](C)[C@@H]7CC(=O)[C@H](C)/C=C(\C)[C@@H](O)[C@@H](OC)C(=O)[C@H](C)C[C@H](C)C\C=C/C=C/C=C(\C)[C@@H](OC)C[C@@H]8CC[C@@H](C)[C@@](O)(O8)C(=O)C(=O)N8CCCC[C@H]8C(=O)O7)C[C@H]6OC)nn5)CC4)n4ncnc(N)c34)[nH]c12. The van der Waals surface area contributed by atoms with E-state index in [0.29, 0.717) is 192 Å². The number of Topliss-reactive ketones (excluding diaryl/α,β-unsaturated/α-hetero) is 3. The molecule has 2 bridgehead atoms. The highest BCUT2D eigenvalue weighted by molar-refractivity contribution is 6.39. The van der Waals surface area contributed by atoms with E-state index in [1.807, 2.05) is 81.6 Å². The van der Waals surface area contributed by atoms with Crippen molar-refractivity contribution in [3.8, 4) is 17.1 Å². The third-order valence-electron chi connectivity index (χ3n) is 26.0. The molecule has 2 saturated heterocycles. The smallest absolute Gasteiger partial charge is 0.329 e. The maximum Gasteiger partial charge on any atom is 0.329 e. The Hall–Kier alpha value is -8.62. The number of hydrogen-bond donors (Lipinski definition) is 6. The number of hydrogen-bond acceptors (Lipinski definition) is 28. The first-order valence-corrected chi connectivity index (χ1v) is 47.0. The number of imidazole rings is 1. The number of aliphatic hydroxyl groups excluding tert-OH is 1. The summed E-state index contributed by atoms with van der Waals surface area (Å²) in [4.78, 5) is 112. The van der Waals surface area contributed by atoms with Crippen molar-refractivity contribution in [3.63, 3.8) is 0 Å². The molecular formula is C96H144N12O22. The van der Waals surface area contributed by atoms with Crippen molar-refractivity contribution in [2.75, 3.05) is 140 Å². The molecule has 7 heterocycles. The Balaban J connectivity index is 0.556. The van der Waals surface area contributed by atoms with Crippen molar-refractivity contribution in [2.45, 2.75) is 250 Å². The van der Waals surface area contributed by atoms with E-state index in [2.05, 4.69) is 42.9 Å². The van der Waals surface area contributed by atoms with Crippen LogP contribution < -0.4 is 21.1 Å². The Bertz CT molecular complexity index is 4520. The first-order valence-electron chi connectivity index (χ1n) is 47.0. The van der Waals surface area contributed by atoms with Gasteiger partial charge in [0.25, 0.3) is 11.7 Å². The summed E-state index contributed by atoms with van der Waals surface area (Å²) in [5, 5.41) is 43.9. The van der Waals surface area contributed by atoms with Crippen molar-refractivity contribution in [1.82, 2.24) is 55.1 Å². The standard InChI is InChI=1S/C96H144N12O22/c1-62-21-14-12-13-15-22-63(2)80(119-9)58-74-33-27-68(7)96(117,130-74)90(113)94(115)107-38-18-16-25-76(107)95(116)129-81(59-77(109)64(3)54-67(6)88(112)89(121-11)87(111)66(5)53-62)65(4)55-69-28-34-78(82(56-69)120-10)128-40-19-17-24-73-60-106(105-104-73)39-44-125-48-50-127-52-51-126-49-45-122-41-35-83(110)98-36-42-123-46-47-124-43-37-99-93(114)71-31-29-70(30-32-71)92-103-85(86-91(97)100-61-101-108(86)92)75-57-72-23-20-26-79(118-8)84(72)102-75/h12-15,20,22-23,26,54,57,60-62,64-66,68-71,74,76,78,80-82,88-89,102,112,117H,16-19,21,24-25,27-53,55-56,58-59H2,1-11H3,(H,98,110)(H,99,114)(H2,97,100,101)/b14-12-,15-13+,63-22+,67-54+/t62-,64-,65-,66-,68-,69+,70?,71?,74+,76+,78-,80+,81+,82-,88-,89+,96-/m1/s1. The molecule has 34 heteroatoms. The number of ether oxygens (including phenoxy) is 13. The van der Waals surface area contributed by atoms with Gasteiger partial charge in [-0.1, -0.05) is 88.4 Å². The summed E-state index contributed by atoms with van der Waals surface area (Å²) in [6.45, 7) is 19.1. The number of rotatable bonds is 40. The van der Waals surface area contributed by atoms with Crippen molar-refractivity contribution in [3.05, 3.63) is 95.9 Å². The molecular weight excluding hydrogens is 1670 g/mol. The average molecular weight is 1820 g/mol. The quantitative estimate of drug-likeness (QED) is 0.00918. The molecule has 1 aromatic carbocycles. The molecule has 34 nitrogen and oxygen atoms in total. The van der Waals surface area contributed by atoms with E-state index < -0.39 is 77.8 Å². The molecule has 720 valence electrons. The number of nitrogen functional groups attached to an aromatic ring is 1. The highest BCUT2D eigenvalue weighted by Crippen LogP contribution is 2.42. The van der Waals surface area contributed by atoms with Crippen LogP contribution >= 0.6 is 0 Å². The summed E-state index contributed by atoms with van der Waals surface area (Å²) in [5.41, 5.74) is 11.5. The van der Waals surface area contributed by atoms with Crippen molar-refractivity contribution >= 4 is 63.3 Å². The maximum atomic E-state index is 14.8. The van der Waals surface area contributed by atoms with Gasteiger partial charge < -0.3 is 98.0 Å². The molecule has 4 fully saturated rings. The van der Waals surface area contributed by atoms with Crippen LogP contribution in [0.5, 0.6) is 5.75 Å². The number of benzene rings is 1. The fourth-order valence-electron chi connectivity index (χ4n) is 18.3. The summed E-state index contributed by atoms with van der Waals surface area (Å²) < 4.78 is 79.9. The zero-order valence-corrected chi connectivity index (χ0v) is 78.3. The lowest BCUT2D eigenvalue weighted by molar-refractivity contribution is -0.265. The molecule has 0 unspecified atom stereocenters. The minimum absolute atomic E-state index is 0.0134. The number of methoxy groups -OCH3 is 4. The molecule has 15 atom stereocenters. The normalized spacial score (nSPS) is 28.1. The maximum absolute atomic E-state index is 14.8. The second-order valence-electron chi connectivity index (χ2n) is 35.7. The molecule has 7 N–H and O–H groups in total. The van der Waals surface area contributed by atoms with Crippen LogP contribution in [-0.4, -0.2) is 284 Å². The van der Waals surface area contributed by atoms with Gasteiger partial charge in [-0.15, -0.1) is 5.10 Å². The van der Waals surface area contributed by atoms with Gasteiger partial charge in [0.1, 0.15) is 59.2 Å². The van der Waals surface area contributed by atoms with Gasteiger partial charge in [-0.3, -0.25) is 28.8 Å². The van der Waals surface area contributed by atoms with Gasteiger partial charge in [-0.05, 0) is 170 Å². The highest BCUT2D eigenvalue weighted by atomic mass is 16.6. The lowest BCUT2D eigenvalue weighted by Crippen LogP contribution is -2.61. The van der Waals surface area contributed by atoms with Gasteiger partial charge in [-0.2, -0.15) is 5.10 Å². The van der Waals surface area contributed by atoms with Crippen molar-refractivity contribution in [1.29, 1.82) is 0 Å². The van der Waals surface area contributed by atoms with Crippen LogP contribution in [0.3, 0.4) is 0 Å². The number of nitrogens with one attached hydrogen (secondary N) is 3. The van der Waals surface area contributed by atoms with Crippen LogP contribution in [0.2, 0.25) is 0 Å². The van der Waals surface area contributed by atoms with Gasteiger partial charge >= 0.3 is 5.97 Å². The summed E-state index contributed by atoms with van der Waals surface area (Å²) in [6.07, 6.45) is 21.6. The summed E-state index contributed by atoms with van der Waals surface area (Å²) >= 11 is 0. The number of fused-ring (bicyclic) bond motifs is 5. The van der Waals surface area contributed by atoms with Crippen LogP contribution in [0.1, 0.15) is 194 Å². The number of aromatic nitrogens is 8. The number of amides is 3. The molecule has 0 radical (unpaired) electrons. The van der Waals surface area contributed by atoms with Crippen LogP contribution in [-0.2, 0) is 103 Å². The lowest BCUT2D eigenvalue weighted by atomic mass is 9.78. The summed E-state index contributed by atoms with van der Waals surface area (Å²) in [6, 6.07) is 6.70. The molecule has 3 aliphatic heterocycles. The van der Waals surface area contributed by atoms with Gasteiger partial charge in [0.05, 0.1) is 134 Å². The fourth-order valence-corrected chi connectivity index (χ4v) is 18.3. The average Bonchev–Trinajstić information content (AvgIpc) is 1.58. The number of carbonyl (C=O) groups excluding carboxylic acids is 7. The van der Waals surface area contributed by atoms with E-state index in [1.54, 1.807) is 57.4 Å². The Morgan fingerprint density at radius 3 is 2.18 bits per heavy atom. The highest BCUT2D eigenvalue weighted by Gasteiger charge is 2.53. The molecule has 2 aliphatic carbocycles. The molecule has 3 amide bonds. The number of allylic oxidation sites excluding steroid dienone is 6. The van der Waals surface area contributed by atoms with E-state index in [9.17, 15) is 43.8 Å². The first-order chi connectivity index (χ1) is 62.8. The number of nitrogens with zero attached hydrogens (tertiary/aromatic N) is 8. The number of aromatic amines is 1. The second kappa shape index (κ2) is 53.3. The number of aryl methyl sites for hydroxylation is 1. The third-order valence-corrected chi connectivity index (χ3v) is 26.0. The molecule has 2 saturated carbocycles. The zero-order valence-electron chi connectivity index (χ0n) is 78.3. The van der Waals surface area contributed by atoms with Gasteiger partial charge in [0.15, 0.2) is 11.6 Å². The molecule has 4 aromatic heterocycles. The third kappa shape index (κ3) is 30.2. The number of cyclic esters (lactones) is 1. The number of aliphatic hydroxyl groups is 2. The Morgan fingerprint density at radius 1 is 0.754 bits per heavy atom. The minimum Gasteiger partial charge on any atom is -0.495 e. The van der Waals surface area contributed by atoms with E-state index in [0.717, 1.165) is 84.4 Å². The number of carbonyl (C=O) groups is 7. The van der Waals surface area contributed by atoms with Gasteiger partial charge in [-0.25, -0.2) is 24.0 Å². The van der Waals surface area contributed by atoms with Crippen LogP contribution in [0, 0.1) is 41.4 Å². The van der Waals surface area contributed by atoms with Crippen molar-refractivity contribution in [2.24, 2.45) is 41.4 Å². The first kappa shape index (κ1) is 103. The van der Waals surface area contributed by atoms with Gasteiger partial charge in [0.2, 0.25) is 17.6 Å². The van der Waals surface area contributed by atoms with Crippen LogP contribution in [0.4, 0.5) is 5.82 Å². The van der Waals surface area contributed by atoms with E-state index in [-0.39, 0.29) is 97.6 Å². The number of esters is 1. The molecule has 0 spiro atoms. The van der Waals surface area contributed by atoms with Crippen molar-refractivity contribution < 1.29 is 105 Å². The second-order valence-corrected chi connectivity index (χ2v) is 35.7. The number of piperidine rings is 1. The lowest BCUT2D eigenvalue weighted by Gasteiger charge is -2.42. The fraction of sp³-hybridized carbons (Fsp3) is 0.688. The topological polar surface area (TPSA) is 423 Å². The number of anilines is 1. The largest absolute Gasteiger partial charge is 0.495 e. The summed E-state index contributed by atoms with van der Waals surface area (Å²) in [7, 11) is 6.30.